The number of hydrogen-bond acceptors (Lipinski definition) is 5. The number of benzene rings is 1. The van der Waals surface area contributed by atoms with Crippen LogP contribution >= 0.6 is 31.9 Å². The Morgan fingerprint density at radius 1 is 1.30 bits per heavy atom. The number of aryl methyl sites for hydroxylation is 1. The summed E-state index contributed by atoms with van der Waals surface area (Å²) in [4.78, 5) is 24.9. The second-order valence-electron chi connectivity index (χ2n) is 7.01. The van der Waals surface area contributed by atoms with Gasteiger partial charge in [-0.2, -0.15) is 0 Å². The van der Waals surface area contributed by atoms with Crippen molar-refractivity contribution < 1.29 is 14.1 Å². The van der Waals surface area contributed by atoms with Gasteiger partial charge in [0.15, 0.2) is 11.8 Å². The van der Waals surface area contributed by atoms with Crippen LogP contribution in [0.25, 0.3) is 11.2 Å². The second kappa shape index (κ2) is 10.2. The number of anilines is 1. The van der Waals surface area contributed by atoms with Gasteiger partial charge in [-0.05, 0) is 62.4 Å². The summed E-state index contributed by atoms with van der Waals surface area (Å²) in [5.74, 6) is 1.62. The number of H-pyrrole nitrogens is 1. The average Bonchev–Trinajstić information content (AvgIpc) is 3.20. The molecule has 2 aromatic heterocycles. The summed E-state index contributed by atoms with van der Waals surface area (Å²) in [6.07, 6.45) is 4.99. The maximum Gasteiger partial charge on any atom is 0.293 e. The molecule has 0 fully saturated rings. The number of nitrogens with one attached hydrogen (secondary N) is 2. The fraction of sp³-hybridized carbons (Fsp3) is 0.400. The van der Waals surface area contributed by atoms with Crippen molar-refractivity contribution in [3.63, 3.8) is 0 Å². The first-order valence-corrected chi connectivity index (χ1v) is 11.2. The molecule has 0 bridgehead atoms. The van der Waals surface area contributed by atoms with Crippen molar-refractivity contribution in [1.82, 2.24) is 19.9 Å². The summed E-state index contributed by atoms with van der Waals surface area (Å²) >= 11 is 7.19. The molecule has 3 aromatic rings. The minimum Gasteiger partial charge on any atom is -0.491 e. The van der Waals surface area contributed by atoms with E-state index in [0.717, 1.165) is 56.6 Å². The quantitative estimate of drug-likeness (QED) is 0.321. The van der Waals surface area contributed by atoms with Crippen LogP contribution < -0.4 is 14.6 Å². The van der Waals surface area contributed by atoms with E-state index in [1.807, 2.05) is 23.7 Å². The third kappa shape index (κ3) is 5.48. The monoisotopic (exact) mass is 539 g/mol. The highest BCUT2D eigenvalue weighted by Gasteiger charge is 2.14. The Labute approximate surface area is 192 Å². The molecule has 1 amide bonds. The molecule has 160 valence electrons. The number of nitrogens with zero attached hydrogens (tertiary/aromatic N) is 4. The van der Waals surface area contributed by atoms with Crippen LogP contribution in [0.3, 0.4) is 0 Å². The number of ether oxygens (including phenoxy) is 1. The molecule has 10 heteroatoms. The van der Waals surface area contributed by atoms with Gasteiger partial charge in [-0.1, -0.05) is 9.97 Å². The first kappa shape index (κ1) is 22.5. The Morgan fingerprint density at radius 2 is 2.03 bits per heavy atom. The summed E-state index contributed by atoms with van der Waals surface area (Å²) in [6.45, 7) is 3.53. The van der Waals surface area contributed by atoms with Gasteiger partial charge in [0.05, 0.1) is 22.6 Å². The number of likely N-dealkylation sites (N-methyl/N-ethyl adjacent to an activating group) is 1. The molecule has 0 saturated heterocycles. The topological polar surface area (TPSA) is 87.0 Å². The minimum absolute atomic E-state index is 0.0644. The maximum atomic E-state index is 11.4. The Balaban J connectivity index is 1.50. The van der Waals surface area contributed by atoms with Crippen LogP contribution in [-0.2, 0) is 18.3 Å². The number of halogens is 2. The molecule has 2 heterocycles. The lowest BCUT2D eigenvalue weighted by atomic mass is 10.1. The summed E-state index contributed by atoms with van der Waals surface area (Å²) < 4.78 is 9.63. The van der Waals surface area contributed by atoms with Crippen LogP contribution in [0.15, 0.2) is 33.7 Å². The van der Waals surface area contributed by atoms with Crippen molar-refractivity contribution in [3.8, 4) is 5.75 Å². The number of aromatic amines is 1. The number of aromatic nitrogens is 4. The van der Waals surface area contributed by atoms with E-state index >= 15 is 0 Å². The molecule has 2 N–H and O–H groups in total. The van der Waals surface area contributed by atoms with E-state index in [0.29, 0.717) is 13.2 Å². The molecule has 0 unspecified atom stereocenters. The zero-order valence-corrected chi connectivity index (χ0v) is 20.4. The average molecular weight is 541 g/mol. The van der Waals surface area contributed by atoms with Crippen LogP contribution in [0.1, 0.15) is 18.9 Å². The third-order valence-corrected chi connectivity index (χ3v) is 5.92. The normalized spacial score (nSPS) is 11.0. The van der Waals surface area contributed by atoms with Gasteiger partial charge in [0.2, 0.25) is 18.1 Å². The van der Waals surface area contributed by atoms with Crippen LogP contribution in [0.2, 0.25) is 0 Å². The van der Waals surface area contributed by atoms with Crippen molar-refractivity contribution in [3.05, 3.63) is 39.3 Å². The molecule has 0 aliphatic heterocycles. The van der Waals surface area contributed by atoms with Crippen molar-refractivity contribution in [2.45, 2.75) is 19.8 Å². The SMILES string of the molecule is CC(=O)N(C)CCc1cc(Br)c(OCCCNc2nc[n+](C)c3nc[nH]c23)c(Br)c1. The van der Waals surface area contributed by atoms with Gasteiger partial charge in [0.1, 0.15) is 5.75 Å². The van der Waals surface area contributed by atoms with Gasteiger partial charge in [-0.3, -0.25) is 4.79 Å². The molecule has 0 spiro atoms. The van der Waals surface area contributed by atoms with Gasteiger partial charge >= 0.3 is 0 Å². The lowest BCUT2D eigenvalue weighted by molar-refractivity contribution is -0.649. The number of imidazole rings is 1. The number of rotatable bonds is 9. The highest BCUT2D eigenvalue weighted by Crippen LogP contribution is 2.35. The van der Waals surface area contributed by atoms with Crippen molar-refractivity contribution in [2.24, 2.45) is 7.05 Å². The minimum atomic E-state index is 0.0644. The lowest BCUT2D eigenvalue weighted by Crippen LogP contribution is -2.30. The van der Waals surface area contributed by atoms with Gasteiger partial charge in [0.25, 0.3) is 5.65 Å². The van der Waals surface area contributed by atoms with Gasteiger partial charge in [-0.15, -0.1) is 0 Å². The number of carbonyl (C=O) groups excluding carboxylic acids is 1. The molecule has 0 aliphatic carbocycles. The molecule has 30 heavy (non-hydrogen) atoms. The Hall–Kier alpha value is -2.20. The Kier molecular flexibility index (Phi) is 7.65. The fourth-order valence-electron chi connectivity index (χ4n) is 2.93. The van der Waals surface area contributed by atoms with E-state index in [9.17, 15) is 4.79 Å². The number of amides is 1. The first-order chi connectivity index (χ1) is 14.4. The van der Waals surface area contributed by atoms with Crippen LogP contribution in [0.5, 0.6) is 5.75 Å². The standard InChI is InChI=1S/C20H24Br2N6O2/c1-13(29)27(2)7-5-14-9-15(21)18(16(22)10-14)30-8-4-6-23-19-17-20(25-11-24-17)28(3)12-26-19/h9-12H,4-8H2,1-3H3,(H,23,24,25)/p+1. The molecule has 1 aromatic carbocycles. The van der Waals surface area contributed by atoms with Gasteiger partial charge in [-0.25, -0.2) is 4.57 Å². The van der Waals surface area contributed by atoms with Crippen molar-refractivity contribution in [2.75, 3.05) is 32.1 Å². The van der Waals surface area contributed by atoms with Crippen molar-refractivity contribution in [1.29, 1.82) is 0 Å². The molecule has 0 atom stereocenters. The fourth-order valence-corrected chi connectivity index (χ4v) is 4.44. The number of fused-ring (bicyclic) bond motifs is 1. The third-order valence-electron chi connectivity index (χ3n) is 4.74. The summed E-state index contributed by atoms with van der Waals surface area (Å²) in [6, 6.07) is 4.07. The maximum absolute atomic E-state index is 11.4. The molecule has 0 radical (unpaired) electrons. The first-order valence-electron chi connectivity index (χ1n) is 9.61. The predicted molar refractivity (Wildman–Crippen MR) is 123 cm³/mol. The summed E-state index contributed by atoms with van der Waals surface area (Å²) in [7, 11) is 3.72. The van der Waals surface area contributed by atoms with E-state index in [-0.39, 0.29) is 5.91 Å². The van der Waals surface area contributed by atoms with Crippen molar-refractivity contribution >= 4 is 54.7 Å². The smallest absolute Gasteiger partial charge is 0.293 e. The molecule has 0 aliphatic rings. The van der Waals surface area contributed by atoms with Gasteiger partial charge < -0.3 is 19.9 Å². The summed E-state index contributed by atoms with van der Waals surface area (Å²) in [5, 5.41) is 3.33. The van der Waals surface area contributed by atoms with Crippen LogP contribution in [0.4, 0.5) is 5.82 Å². The second-order valence-corrected chi connectivity index (χ2v) is 8.72. The molecular formula is C20H25Br2N6O2+. The Morgan fingerprint density at radius 3 is 2.73 bits per heavy atom. The van der Waals surface area contributed by atoms with E-state index in [1.165, 1.54) is 0 Å². The van der Waals surface area contributed by atoms with Crippen LogP contribution in [-0.4, -0.2) is 52.5 Å². The highest BCUT2D eigenvalue weighted by molar-refractivity contribution is 9.11. The van der Waals surface area contributed by atoms with E-state index in [1.54, 1.807) is 31.5 Å². The largest absolute Gasteiger partial charge is 0.491 e. The summed E-state index contributed by atoms with van der Waals surface area (Å²) in [5.41, 5.74) is 2.87. The zero-order valence-electron chi connectivity index (χ0n) is 17.2. The Bertz CT molecular complexity index is 1020. The van der Waals surface area contributed by atoms with E-state index in [2.05, 4.69) is 52.1 Å². The van der Waals surface area contributed by atoms with Gasteiger partial charge in [0, 0.05) is 27.1 Å². The zero-order chi connectivity index (χ0) is 21.7. The lowest BCUT2D eigenvalue weighted by Gasteiger charge is -2.16. The molecular weight excluding hydrogens is 516 g/mol. The molecule has 3 rings (SSSR count). The molecule has 8 nitrogen and oxygen atoms in total. The number of hydrogen-bond donors (Lipinski definition) is 2. The molecule has 0 saturated carbocycles. The highest BCUT2D eigenvalue weighted by atomic mass is 79.9. The number of carbonyl (C=O) groups is 1. The van der Waals surface area contributed by atoms with E-state index < -0.39 is 0 Å². The van der Waals surface area contributed by atoms with Crippen LogP contribution in [0, 0.1) is 0 Å². The van der Waals surface area contributed by atoms with E-state index in [4.69, 9.17) is 4.74 Å². The predicted octanol–water partition coefficient (Wildman–Crippen LogP) is 3.21.